The Morgan fingerprint density at radius 3 is 2.63 bits per heavy atom. The molecule has 1 unspecified atom stereocenters. The summed E-state index contributed by atoms with van der Waals surface area (Å²) in [6, 6.07) is 3.63. The van der Waals surface area contributed by atoms with Crippen molar-refractivity contribution < 1.29 is 13.6 Å². The van der Waals surface area contributed by atoms with Crippen molar-refractivity contribution in [3.05, 3.63) is 35.4 Å². The standard InChI is InChI=1S/C15H19F2NO/c1-10(2)8-15(6-5-14(19)18-15)9-11-3-4-12(16)7-13(11)17/h3-4,7,10H,5-6,8-9H2,1-2H3,(H,18,19). The number of carbonyl (C=O) groups is 1. The molecule has 1 aliphatic rings. The van der Waals surface area contributed by atoms with E-state index in [9.17, 15) is 13.6 Å². The zero-order valence-electron chi connectivity index (χ0n) is 11.3. The van der Waals surface area contributed by atoms with E-state index in [2.05, 4.69) is 19.2 Å². The van der Waals surface area contributed by atoms with E-state index in [0.29, 0.717) is 30.7 Å². The summed E-state index contributed by atoms with van der Waals surface area (Å²) >= 11 is 0. The molecule has 1 aromatic rings. The molecule has 0 bridgehead atoms. The van der Waals surface area contributed by atoms with Crippen LogP contribution in [0.2, 0.25) is 0 Å². The molecule has 0 aliphatic carbocycles. The first kappa shape index (κ1) is 14.0. The minimum atomic E-state index is -0.574. The molecule has 0 saturated carbocycles. The van der Waals surface area contributed by atoms with Crippen LogP contribution in [0.15, 0.2) is 18.2 Å². The summed E-state index contributed by atoms with van der Waals surface area (Å²) in [5, 5.41) is 2.99. The Morgan fingerprint density at radius 2 is 2.11 bits per heavy atom. The van der Waals surface area contributed by atoms with Crippen LogP contribution < -0.4 is 5.32 Å². The molecule has 104 valence electrons. The van der Waals surface area contributed by atoms with Crippen molar-refractivity contribution in [3.63, 3.8) is 0 Å². The van der Waals surface area contributed by atoms with Gasteiger partial charge < -0.3 is 5.32 Å². The number of hydrogen-bond donors (Lipinski definition) is 1. The lowest BCUT2D eigenvalue weighted by Crippen LogP contribution is -2.44. The number of halogens is 2. The fourth-order valence-electron chi connectivity index (χ4n) is 2.94. The highest BCUT2D eigenvalue weighted by Gasteiger charge is 2.38. The van der Waals surface area contributed by atoms with Gasteiger partial charge in [-0.3, -0.25) is 4.79 Å². The third kappa shape index (κ3) is 3.31. The lowest BCUT2D eigenvalue weighted by Gasteiger charge is -2.31. The van der Waals surface area contributed by atoms with Crippen LogP contribution in [0.4, 0.5) is 8.78 Å². The largest absolute Gasteiger partial charge is 0.350 e. The highest BCUT2D eigenvalue weighted by molar-refractivity contribution is 5.79. The molecule has 4 heteroatoms. The summed E-state index contributed by atoms with van der Waals surface area (Å²) < 4.78 is 26.7. The second kappa shape index (κ2) is 5.27. The van der Waals surface area contributed by atoms with Crippen LogP contribution >= 0.6 is 0 Å². The first-order valence-corrected chi connectivity index (χ1v) is 6.65. The predicted octanol–water partition coefficient (Wildman–Crippen LogP) is 3.20. The van der Waals surface area contributed by atoms with E-state index in [1.54, 1.807) is 0 Å². The molecule has 2 rings (SSSR count). The molecule has 2 nitrogen and oxygen atoms in total. The van der Waals surface area contributed by atoms with Crippen LogP contribution in [0.25, 0.3) is 0 Å². The fraction of sp³-hybridized carbons (Fsp3) is 0.533. The summed E-state index contributed by atoms with van der Waals surface area (Å²) in [6.45, 7) is 4.15. The molecule has 19 heavy (non-hydrogen) atoms. The summed E-state index contributed by atoms with van der Waals surface area (Å²) in [5.74, 6) is -0.691. The van der Waals surface area contributed by atoms with Gasteiger partial charge in [0.2, 0.25) is 5.91 Å². The second-order valence-corrected chi connectivity index (χ2v) is 5.84. The molecule has 0 spiro atoms. The van der Waals surface area contributed by atoms with Gasteiger partial charge in [-0.1, -0.05) is 19.9 Å². The number of amides is 1. The third-order valence-corrected chi connectivity index (χ3v) is 3.58. The Balaban J connectivity index is 2.23. The number of rotatable bonds is 4. The molecule has 1 N–H and O–H groups in total. The van der Waals surface area contributed by atoms with E-state index < -0.39 is 11.6 Å². The quantitative estimate of drug-likeness (QED) is 0.891. The van der Waals surface area contributed by atoms with Crippen LogP contribution in [0.3, 0.4) is 0 Å². The number of nitrogens with one attached hydrogen (secondary N) is 1. The average Bonchev–Trinajstić information content (AvgIpc) is 2.63. The Labute approximate surface area is 112 Å². The van der Waals surface area contributed by atoms with Crippen LogP contribution in [0.5, 0.6) is 0 Å². The first-order chi connectivity index (χ1) is 8.90. The van der Waals surface area contributed by atoms with Crippen LogP contribution in [-0.4, -0.2) is 11.4 Å². The molecule has 0 radical (unpaired) electrons. The van der Waals surface area contributed by atoms with E-state index in [4.69, 9.17) is 0 Å². The Hall–Kier alpha value is -1.45. The van der Waals surface area contributed by atoms with Crippen LogP contribution in [0, 0.1) is 17.6 Å². The SMILES string of the molecule is CC(C)CC1(Cc2ccc(F)cc2F)CCC(=O)N1. The zero-order chi connectivity index (χ0) is 14.0. The number of hydrogen-bond acceptors (Lipinski definition) is 1. The first-order valence-electron chi connectivity index (χ1n) is 6.65. The van der Waals surface area contributed by atoms with Crippen LogP contribution in [-0.2, 0) is 11.2 Å². The fourth-order valence-corrected chi connectivity index (χ4v) is 2.94. The van der Waals surface area contributed by atoms with Gasteiger partial charge in [-0.2, -0.15) is 0 Å². The van der Waals surface area contributed by atoms with E-state index in [0.717, 1.165) is 12.5 Å². The molecule has 1 saturated heterocycles. The van der Waals surface area contributed by atoms with Gasteiger partial charge in [0, 0.05) is 18.0 Å². The van der Waals surface area contributed by atoms with E-state index >= 15 is 0 Å². The van der Waals surface area contributed by atoms with E-state index in [-0.39, 0.29) is 11.4 Å². The lowest BCUT2D eigenvalue weighted by molar-refractivity contribution is -0.119. The topological polar surface area (TPSA) is 29.1 Å². The molecular formula is C15H19F2NO. The lowest BCUT2D eigenvalue weighted by atomic mass is 9.82. The number of carbonyl (C=O) groups excluding carboxylic acids is 1. The summed E-state index contributed by atoms with van der Waals surface area (Å²) in [7, 11) is 0. The van der Waals surface area contributed by atoms with Crippen molar-refractivity contribution in [2.24, 2.45) is 5.92 Å². The minimum absolute atomic E-state index is 0.0168. The Bertz CT molecular complexity index is 487. The Kier molecular flexibility index (Phi) is 3.88. The van der Waals surface area contributed by atoms with Crippen LogP contribution in [0.1, 0.15) is 38.7 Å². The van der Waals surface area contributed by atoms with Gasteiger partial charge in [-0.05, 0) is 36.8 Å². The van der Waals surface area contributed by atoms with Gasteiger partial charge in [-0.25, -0.2) is 8.78 Å². The molecule has 1 heterocycles. The molecule has 1 fully saturated rings. The highest BCUT2D eigenvalue weighted by Crippen LogP contribution is 2.31. The smallest absolute Gasteiger partial charge is 0.220 e. The van der Waals surface area contributed by atoms with Crippen molar-refractivity contribution in [2.75, 3.05) is 0 Å². The maximum absolute atomic E-state index is 13.8. The van der Waals surface area contributed by atoms with Crippen molar-refractivity contribution >= 4 is 5.91 Å². The average molecular weight is 267 g/mol. The summed E-state index contributed by atoms with van der Waals surface area (Å²) in [4.78, 5) is 11.5. The molecule has 1 aliphatic heterocycles. The highest BCUT2D eigenvalue weighted by atomic mass is 19.1. The zero-order valence-corrected chi connectivity index (χ0v) is 11.3. The minimum Gasteiger partial charge on any atom is -0.350 e. The second-order valence-electron chi connectivity index (χ2n) is 5.84. The normalized spacial score (nSPS) is 22.9. The molecule has 0 aromatic heterocycles. The van der Waals surface area contributed by atoms with Gasteiger partial charge in [0.1, 0.15) is 11.6 Å². The molecule has 1 amide bonds. The van der Waals surface area contributed by atoms with Crippen molar-refractivity contribution in [3.8, 4) is 0 Å². The van der Waals surface area contributed by atoms with Gasteiger partial charge >= 0.3 is 0 Å². The molecule has 1 aromatic carbocycles. The Morgan fingerprint density at radius 1 is 1.37 bits per heavy atom. The summed E-state index contributed by atoms with van der Waals surface area (Å²) in [6.07, 6.45) is 2.41. The van der Waals surface area contributed by atoms with Gasteiger partial charge in [0.25, 0.3) is 0 Å². The van der Waals surface area contributed by atoms with Gasteiger partial charge in [0.15, 0.2) is 0 Å². The molecule has 1 atom stereocenters. The molecular weight excluding hydrogens is 248 g/mol. The van der Waals surface area contributed by atoms with Gasteiger partial charge in [0.05, 0.1) is 0 Å². The van der Waals surface area contributed by atoms with Crippen molar-refractivity contribution in [1.29, 1.82) is 0 Å². The van der Waals surface area contributed by atoms with E-state index in [1.807, 2.05) is 0 Å². The predicted molar refractivity (Wildman–Crippen MR) is 69.6 cm³/mol. The maximum atomic E-state index is 13.8. The van der Waals surface area contributed by atoms with E-state index in [1.165, 1.54) is 12.1 Å². The summed E-state index contributed by atoms with van der Waals surface area (Å²) in [5.41, 5.74) is 0.0773. The van der Waals surface area contributed by atoms with Gasteiger partial charge in [-0.15, -0.1) is 0 Å². The maximum Gasteiger partial charge on any atom is 0.220 e. The third-order valence-electron chi connectivity index (χ3n) is 3.58. The number of benzene rings is 1. The van der Waals surface area contributed by atoms with Crippen molar-refractivity contribution in [2.45, 2.75) is 45.1 Å². The monoisotopic (exact) mass is 267 g/mol. The van der Waals surface area contributed by atoms with Crippen molar-refractivity contribution in [1.82, 2.24) is 5.32 Å².